The minimum absolute atomic E-state index is 0.182. The number of nitrogens with zero attached hydrogens (tertiary/aromatic N) is 4. The number of aromatic nitrogens is 2. The summed E-state index contributed by atoms with van der Waals surface area (Å²) in [5.41, 5.74) is 2.79. The Morgan fingerprint density at radius 1 is 1.00 bits per heavy atom. The summed E-state index contributed by atoms with van der Waals surface area (Å²) < 4.78 is 15.3. The van der Waals surface area contributed by atoms with Gasteiger partial charge in [0.15, 0.2) is 0 Å². The van der Waals surface area contributed by atoms with Gasteiger partial charge < -0.3 is 20.4 Å². The fourth-order valence-electron chi connectivity index (χ4n) is 3.52. The quantitative estimate of drug-likeness (QED) is 0.478. The molecule has 2 N–H and O–H groups in total. The van der Waals surface area contributed by atoms with E-state index in [0.717, 1.165) is 16.9 Å². The molecule has 0 unspecified atom stereocenters. The molecule has 0 bridgehead atoms. The van der Waals surface area contributed by atoms with E-state index >= 15 is 0 Å². The number of hydrogen-bond donors (Lipinski definition) is 2. The van der Waals surface area contributed by atoms with Crippen LogP contribution in [0.15, 0.2) is 54.6 Å². The smallest absolute Gasteiger partial charge is 0.314 e. The lowest BCUT2D eigenvalue weighted by atomic mass is 9.92. The van der Waals surface area contributed by atoms with E-state index in [9.17, 15) is 14.0 Å². The molecule has 0 aliphatic rings. The number of likely N-dealkylation sites (N-methyl/N-ethyl adjacent to an activating group) is 1. The molecule has 0 aliphatic heterocycles. The van der Waals surface area contributed by atoms with Crippen molar-refractivity contribution in [2.24, 2.45) is 0 Å². The van der Waals surface area contributed by atoms with Gasteiger partial charge in [0.25, 0.3) is 0 Å². The predicted octanol–water partition coefficient (Wildman–Crippen LogP) is 4.65. The maximum atomic E-state index is 13.6. The molecule has 0 spiro atoms. The summed E-state index contributed by atoms with van der Waals surface area (Å²) in [6.07, 6.45) is 0. The monoisotopic (exact) mass is 494 g/mol. The zero-order valence-electron chi connectivity index (χ0n) is 21.8. The second-order valence-electron chi connectivity index (χ2n) is 10.1. The maximum Gasteiger partial charge on any atom is 0.322 e. The van der Waals surface area contributed by atoms with Gasteiger partial charge in [0, 0.05) is 30.3 Å². The van der Waals surface area contributed by atoms with Crippen LogP contribution in [-0.4, -0.2) is 65.2 Å². The van der Waals surface area contributed by atoms with Crippen LogP contribution in [-0.2, 0) is 10.2 Å². The van der Waals surface area contributed by atoms with Crippen molar-refractivity contribution in [1.82, 2.24) is 19.6 Å². The number of hydrogen-bond acceptors (Lipinski definition) is 4. The molecule has 8 nitrogen and oxygen atoms in total. The van der Waals surface area contributed by atoms with Crippen LogP contribution in [0.1, 0.15) is 32.0 Å². The van der Waals surface area contributed by atoms with Crippen molar-refractivity contribution >= 4 is 23.4 Å². The lowest BCUT2D eigenvalue weighted by Gasteiger charge is -2.24. The van der Waals surface area contributed by atoms with E-state index in [1.807, 2.05) is 56.3 Å². The summed E-state index contributed by atoms with van der Waals surface area (Å²) in [4.78, 5) is 29.4. The highest BCUT2D eigenvalue weighted by molar-refractivity contribution is 5.96. The fourth-order valence-corrected chi connectivity index (χ4v) is 3.52. The molecule has 9 heteroatoms. The van der Waals surface area contributed by atoms with Gasteiger partial charge in [0.05, 0.1) is 11.4 Å². The van der Waals surface area contributed by atoms with Gasteiger partial charge in [-0.25, -0.2) is 13.9 Å². The summed E-state index contributed by atoms with van der Waals surface area (Å²) >= 11 is 0. The number of carbonyl (C=O) groups is 2. The Hall–Kier alpha value is -3.72. The predicted molar refractivity (Wildman–Crippen MR) is 141 cm³/mol. The largest absolute Gasteiger partial charge is 0.322 e. The van der Waals surface area contributed by atoms with Crippen LogP contribution < -0.4 is 10.6 Å². The van der Waals surface area contributed by atoms with E-state index in [4.69, 9.17) is 5.10 Å². The molecule has 1 aromatic heterocycles. The Bertz CT molecular complexity index is 1210. The normalized spacial score (nSPS) is 11.4. The van der Waals surface area contributed by atoms with Gasteiger partial charge in [-0.15, -0.1) is 0 Å². The molecule has 0 radical (unpaired) electrons. The summed E-state index contributed by atoms with van der Waals surface area (Å²) in [5.74, 6) is -0.292. The zero-order chi connectivity index (χ0) is 26.5. The van der Waals surface area contributed by atoms with Gasteiger partial charge in [0.1, 0.15) is 18.2 Å². The van der Waals surface area contributed by atoms with Crippen LogP contribution in [0.3, 0.4) is 0 Å². The van der Waals surface area contributed by atoms with Crippen molar-refractivity contribution in [1.29, 1.82) is 0 Å². The van der Waals surface area contributed by atoms with Gasteiger partial charge in [-0.2, -0.15) is 5.10 Å². The molecule has 2 aromatic carbocycles. The molecule has 36 heavy (non-hydrogen) atoms. The molecule has 0 saturated heterocycles. The van der Waals surface area contributed by atoms with E-state index in [1.54, 1.807) is 10.7 Å². The van der Waals surface area contributed by atoms with Gasteiger partial charge in [0.2, 0.25) is 5.91 Å². The van der Waals surface area contributed by atoms with Crippen LogP contribution >= 0.6 is 0 Å². The Morgan fingerprint density at radius 3 is 2.36 bits per heavy atom. The standard InChI is InChI=1S/C27H35FN6O2/c1-19-10-7-8-13-22(19)34-24(17-23(31-34)27(2,3)4)30-25(35)18-33(15-14-32(5)6)26(36)29-21-12-9-11-20(28)16-21/h7-13,16-17H,14-15,18H2,1-6H3,(H,29,36)(H,30,35). The van der Waals surface area contributed by atoms with Crippen molar-refractivity contribution < 1.29 is 14.0 Å². The first-order chi connectivity index (χ1) is 16.9. The third kappa shape index (κ3) is 7.14. The fraction of sp³-hybridized carbons (Fsp3) is 0.370. The highest BCUT2D eigenvalue weighted by atomic mass is 19.1. The Balaban J connectivity index is 1.83. The average Bonchev–Trinajstić information content (AvgIpc) is 3.20. The summed E-state index contributed by atoms with van der Waals surface area (Å²) in [7, 11) is 3.77. The third-order valence-corrected chi connectivity index (χ3v) is 5.60. The highest BCUT2D eigenvalue weighted by Crippen LogP contribution is 2.27. The highest BCUT2D eigenvalue weighted by Gasteiger charge is 2.23. The van der Waals surface area contributed by atoms with Gasteiger partial charge >= 0.3 is 6.03 Å². The van der Waals surface area contributed by atoms with Crippen molar-refractivity contribution in [2.75, 3.05) is 44.4 Å². The molecule has 0 atom stereocenters. The molecule has 0 saturated carbocycles. The summed E-state index contributed by atoms with van der Waals surface area (Å²) in [5, 5.41) is 10.4. The lowest BCUT2D eigenvalue weighted by molar-refractivity contribution is -0.116. The lowest BCUT2D eigenvalue weighted by Crippen LogP contribution is -2.43. The first kappa shape index (κ1) is 26.9. The SMILES string of the molecule is Cc1ccccc1-n1nc(C(C)(C)C)cc1NC(=O)CN(CCN(C)C)C(=O)Nc1cccc(F)c1. The van der Waals surface area contributed by atoms with E-state index in [-0.39, 0.29) is 17.9 Å². The number of rotatable bonds is 8. The Kier molecular flexibility index (Phi) is 8.47. The summed E-state index contributed by atoms with van der Waals surface area (Å²) in [6.45, 7) is 8.84. The number of aryl methyl sites for hydroxylation is 1. The van der Waals surface area contributed by atoms with Crippen LogP contribution in [0.25, 0.3) is 5.69 Å². The molecule has 3 amide bonds. The molecule has 0 fully saturated rings. The number of nitrogens with one attached hydrogen (secondary N) is 2. The topological polar surface area (TPSA) is 82.5 Å². The Morgan fingerprint density at radius 2 is 1.72 bits per heavy atom. The number of halogens is 1. The second kappa shape index (κ2) is 11.3. The Labute approximate surface area is 212 Å². The van der Waals surface area contributed by atoms with Crippen molar-refractivity contribution in [2.45, 2.75) is 33.1 Å². The molecule has 3 aromatic rings. The van der Waals surface area contributed by atoms with E-state index in [2.05, 4.69) is 31.4 Å². The second-order valence-corrected chi connectivity index (χ2v) is 10.1. The first-order valence-electron chi connectivity index (χ1n) is 11.9. The van der Waals surface area contributed by atoms with Crippen molar-refractivity contribution in [3.63, 3.8) is 0 Å². The van der Waals surface area contributed by atoms with E-state index in [0.29, 0.717) is 24.6 Å². The average molecular weight is 495 g/mol. The van der Waals surface area contributed by atoms with Crippen LogP contribution in [0.5, 0.6) is 0 Å². The van der Waals surface area contributed by atoms with Gasteiger partial charge in [-0.05, 0) is 50.8 Å². The number of para-hydroxylation sites is 1. The number of amides is 3. The maximum absolute atomic E-state index is 13.6. The van der Waals surface area contributed by atoms with Crippen molar-refractivity contribution in [3.05, 3.63) is 71.7 Å². The molecular weight excluding hydrogens is 459 g/mol. The molecule has 3 rings (SSSR count). The minimum atomic E-state index is -0.486. The molecule has 0 aliphatic carbocycles. The van der Waals surface area contributed by atoms with Crippen LogP contribution in [0.2, 0.25) is 0 Å². The number of anilines is 2. The number of urea groups is 1. The minimum Gasteiger partial charge on any atom is -0.314 e. The first-order valence-corrected chi connectivity index (χ1v) is 11.9. The molecule has 192 valence electrons. The van der Waals surface area contributed by atoms with Crippen molar-refractivity contribution in [3.8, 4) is 5.69 Å². The van der Waals surface area contributed by atoms with Crippen LogP contribution in [0.4, 0.5) is 20.7 Å². The van der Waals surface area contributed by atoms with E-state index < -0.39 is 11.8 Å². The third-order valence-electron chi connectivity index (χ3n) is 5.60. The molecular formula is C27H35FN6O2. The van der Waals surface area contributed by atoms with E-state index in [1.165, 1.54) is 23.1 Å². The van der Waals surface area contributed by atoms with Crippen LogP contribution in [0, 0.1) is 12.7 Å². The van der Waals surface area contributed by atoms with Gasteiger partial charge in [-0.1, -0.05) is 45.0 Å². The number of carbonyl (C=O) groups excluding carboxylic acids is 2. The summed E-state index contributed by atoms with van der Waals surface area (Å²) in [6, 6.07) is 14.8. The number of benzene rings is 2. The molecule has 1 heterocycles. The van der Waals surface area contributed by atoms with Gasteiger partial charge in [-0.3, -0.25) is 4.79 Å². The zero-order valence-corrected chi connectivity index (χ0v) is 21.8.